The lowest BCUT2D eigenvalue weighted by Crippen LogP contribution is -2.71. The van der Waals surface area contributed by atoms with E-state index in [1.54, 1.807) is 0 Å². The number of amides is 2. The number of aliphatic carboxylic acids is 1. The molecule has 0 saturated carbocycles. The maximum Gasteiger partial charge on any atom is 0.302 e. The highest BCUT2D eigenvalue weighted by molar-refractivity contribution is 8.00. The van der Waals surface area contributed by atoms with Crippen molar-refractivity contribution in [3.8, 4) is 0 Å². The molecule has 0 spiro atoms. The van der Waals surface area contributed by atoms with Crippen LogP contribution >= 0.6 is 11.8 Å². The molecule has 0 aromatic rings. The van der Waals surface area contributed by atoms with Crippen LogP contribution in [-0.4, -0.2) is 52.4 Å². The van der Waals surface area contributed by atoms with Crippen molar-refractivity contribution in [1.29, 1.82) is 0 Å². The van der Waals surface area contributed by atoms with Crippen LogP contribution in [0.5, 0.6) is 0 Å². The summed E-state index contributed by atoms with van der Waals surface area (Å²) in [5, 5.41) is 13.3. The van der Waals surface area contributed by atoms with E-state index in [1.165, 1.54) is 25.6 Å². The molecule has 2 heterocycles. The van der Waals surface area contributed by atoms with Crippen LogP contribution in [0, 0.1) is 0 Å². The zero-order chi connectivity index (χ0) is 15.7. The first-order valence-corrected chi connectivity index (χ1v) is 7.16. The zero-order valence-corrected chi connectivity index (χ0v) is 12.2. The number of hydrogen-bond acceptors (Lipinski definition) is 7. The molecule has 2 amide bonds. The Kier molecular flexibility index (Phi) is 4.21. The number of hydrogen-bond donors (Lipinski definition) is 1. The predicted octanol–water partition coefficient (Wildman–Crippen LogP) is -2.03. The molecule has 0 unspecified atom stereocenters. The first-order chi connectivity index (χ1) is 9.82. The second-order valence-corrected chi connectivity index (χ2v) is 5.71. The van der Waals surface area contributed by atoms with E-state index in [0.717, 1.165) is 4.90 Å². The van der Waals surface area contributed by atoms with Crippen molar-refractivity contribution < 1.29 is 29.0 Å². The first-order valence-electron chi connectivity index (χ1n) is 6.11. The maximum absolute atomic E-state index is 12.0. The number of nitrogens with one attached hydrogen (secondary N) is 1. The van der Waals surface area contributed by atoms with E-state index in [4.69, 9.17) is 4.74 Å². The largest absolute Gasteiger partial charge is 0.543 e. The number of thioether (sulfide) groups is 1. The fourth-order valence-electron chi connectivity index (χ4n) is 2.19. The average Bonchev–Trinajstić information content (AvgIpc) is 2.40. The molecule has 1 saturated heterocycles. The fraction of sp³-hybridized carbons (Fsp3) is 0.500. The van der Waals surface area contributed by atoms with Crippen molar-refractivity contribution in [2.45, 2.75) is 25.3 Å². The number of ether oxygens (including phenoxy) is 1. The molecule has 2 aliphatic heterocycles. The van der Waals surface area contributed by atoms with Gasteiger partial charge in [-0.05, 0) is 0 Å². The Morgan fingerprint density at radius 1 is 1.43 bits per heavy atom. The minimum atomic E-state index is -1.50. The van der Waals surface area contributed by atoms with E-state index in [1.807, 2.05) is 0 Å². The van der Waals surface area contributed by atoms with Gasteiger partial charge in [0, 0.05) is 25.2 Å². The molecule has 114 valence electrons. The summed E-state index contributed by atoms with van der Waals surface area (Å²) in [6.07, 6.45) is 0. The van der Waals surface area contributed by atoms with Crippen LogP contribution in [0.2, 0.25) is 0 Å². The normalized spacial score (nSPS) is 24.1. The van der Waals surface area contributed by atoms with Crippen LogP contribution in [0.4, 0.5) is 0 Å². The summed E-state index contributed by atoms with van der Waals surface area (Å²) in [6.45, 7) is 2.29. The molecule has 0 aromatic carbocycles. The molecule has 0 aliphatic carbocycles. The molecule has 2 rings (SSSR count). The van der Waals surface area contributed by atoms with E-state index in [-0.39, 0.29) is 24.0 Å². The van der Waals surface area contributed by atoms with Crippen LogP contribution in [0.3, 0.4) is 0 Å². The molecule has 2 atom stereocenters. The summed E-state index contributed by atoms with van der Waals surface area (Å²) < 4.78 is 4.79. The third-order valence-corrected chi connectivity index (χ3v) is 4.39. The smallest absolute Gasteiger partial charge is 0.302 e. The van der Waals surface area contributed by atoms with Crippen molar-refractivity contribution in [2.75, 3.05) is 12.4 Å². The van der Waals surface area contributed by atoms with Gasteiger partial charge in [0.2, 0.25) is 5.91 Å². The highest BCUT2D eigenvalue weighted by atomic mass is 32.2. The second-order valence-electron chi connectivity index (χ2n) is 4.61. The number of β-lactam (4-membered cyclic amide) rings is 1. The van der Waals surface area contributed by atoms with E-state index < -0.39 is 29.3 Å². The van der Waals surface area contributed by atoms with Crippen molar-refractivity contribution in [1.82, 2.24) is 10.2 Å². The Balaban J connectivity index is 2.22. The van der Waals surface area contributed by atoms with Gasteiger partial charge in [-0.1, -0.05) is 0 Å². The summed E-state index contributed by atoms with van der Waals surface area (Å²) in [7, 11) is 0. The van der Waals surface area contributed by atoms with Gasteiger partial charge in [-0.25, -0.2) is 0 Å². The Morgan fingerprint density at radius 2 is 2.10 bits per heavy atom. The number of carboxylic acids is 1. The summed E-state index contributed by atoms with van der Waals surface area (Å²) in [5.41, 5.74) is 0.0349. The third kappa shape index (κ3) is 2.87. The summed E-state index contributed by atoms with van der Waals surface area (Å²) >= 11 is 1.30. The van der Waals surface area contributed by atoms with Crippen LogP contribution < -0.4 is 10.4 Å². The molecule has 1 fully saturated rings. The quantitative estimate of drug-likeness (QED) is 0.470. The molecule has 2 aliphatic rings. The van der Waals surface area contributed by atoms with Crippen LogP contribution in [0.15, 0.2) is 11.3 Å². The van der Waals surface area contributed by atoms with Crippen LogP contribution in [-0.2, 0) is 23.9 Å². The van der Waals surface area contributed by atoms with Crippen LogP contribution in [0.25, 0.3) is 0 Å². The summed E-state index contributed by atoms with van der Waals surface area (Å²) in [6, 6.07) is -0.739. The summed E-state index contributed by atoms with van der Waals surface area (Å²) in [4.78, 5) is 46.2. The maximum atomic E-state index is 12.0. The number of rotatable bonds is 4. The highest BCUT2D eigenvalue weighted by Crippen LogP contribution is 2.40. The minimum absolute atomic E-state index is 0.201. The Bertz CT molecular complexity index is 558. The monoisotopic (exact) mass is 313 g/mol. The molecule has 9 heteroatoms. The van der Waals surface area contributed by atoms with Gasteiger partial charge >= 0.3 is 5.97 Å². The molecular formula is C12H13N2O6S-. The van der Waals surface area contributed by atoms with Gasteiger partial charge in [0.05, 0.1) is 11.7 Å². The number of carbonyl (C=O) groups excluding carboxylic acids is 4. The number of carboxylic acid groups (broad SMARTS) is 1. The van der Waals surface area contributed by atoms with Crippen molar-refractivity contribution in [3.05, 3.63) is 11.3 Å². The molecule has 0 radical (unpaired) electrons. The van der Waals surface area contributed by atoms with Gasteiger partial charge in [0.15, 0.2) is 0 Å². The zero-order valence-electron chi connectivity index (χ0n) is 11.4. The standard InChI is InChI=1S/C12H14N2O6S/c1-5(15)13-8-10(17)14-9(12(18)19)7(3-20-6(2)16)4-21-11(8)14/h8,11H,3-4H2,1-2H3,(H,13,15)(H,18,19)/p-1/t8-,11-/m1/s1. The highest BCUT2D eigenvalue weighted by Gasteiger charge is 2.52. The van der Waals surface area contributed by atoms with Crippen molar-refractivity contribution in [3.63, 3.8) is 0 Å². The topological polar surface area (TPSA) is 116 Å². The van der Waals surface area contributed by atoms with Gasteiger partial charge in [0.1, 0.15) is 18.0 Å². The van der Waals surface area contributed by atoms with Crippen molar-refractivity contribution >= 4 is 35.5 Å². The fourth-order valence-corrected chi connectivity index (χ4v) is 3.52. The molecule has 8 nitrogen and oxygen atoms in total. The molecule has 0 bridgehead atoms. The van der Waals surface area contributed by atoms with E-state index in [9.17, 15) is 24.3 Å². The lowest BCUT2D eigenvalue weighted by atomic mass is 10.0. The van der Waals surface area contributed by atoms with Crippen LogP contribution in [0.1, 0.15) is 13.8 Å². The average molecular weight is 313 g/mol. The van der Waals surface area contributed by atoms with E-state index in [0.29, 0.717) is 5.57 Å². The molecule has 21 heavy (non-hydrogen) atoms. The van der Waals surface area contributed by atoms with Gasteiger partial charge < -0.3 is 20.0 Å². The number of carbonyl (C=O) groups is 4. The Morgan fingerprint density at radius 3 is 2.62 bits per heavy atom. The minimum Gasteiger partial charge on any atom is -0.543 e. The molecule has 1 N–H and O–H groups in total. The van der Waals surface area contributed by atoms with E-state index in [2.05, 4.69) is 5.32 Å². The summed E-state index contributed by atoms with van der Waals surface area (Å²) in [5.74, 6) is -2.64. The third-order valence-electron chi connectivity index (χ3n) is 3.05. The Labute approximate surface area is 124 Å². The lowest BCUT2D eigenvalue weighted by molar-refractivity contribution is -0.301. The Hall–Kier alpha value is -2.03. The number of esters is 1. The van der Waals surface area contributed by atoms with Gasteiger partial charge in [0.25, 0.3) is 5.91 Å². The second kappa shape index (κ2) is 5.76. The van der Waals surface area contributed by atoms with Gasteiger partial charge in [-0.2, -0.15) is 0 Å². The SMILES string of the molecule is CC(=O)N[C@@H]1C(=O)N2C(C(=O)[O-])=C(COC(C)=O)CS[C@H]12. The first kappa shape index (κ1) is 15.4. The van der Waals surface area contributed by atoms with Gasteiger partial charge in [-0.3, -0.25) is 19.3 Å². The van der Waals surface area contributed by atoms with Crippen molar-refractivity contribution in [2.24, 2.45) is 0 Å². The number of nitrogens with zero attached hydrogens (tertiary/aromatic N) is 1. The number of fused-ring (bicyclic) bond motifs is 1. The molecular weight excluding hydrogens is 300 g/mol. The lowest BCUT2D eigenvalue weighted by Gasteiger charge is -2.50. The van der Waals surface area contributed by atoms with E-state index >= 15 is 0 Å². The molecule has 0 aromatic heterocycles. The van der Waals surface area contributed by atoms with Gasteiger partial charge in [-0.15, -0.1) is 11.8 Å². The predicted molar refractivity (Wildman–Crippen MR) is 69.4 cm³/mol.